The molecule has 1 aromatic heterocycles. The third-order valence-corrected chi connectivity index (χ3v) is 4.12. The van der Waals surface area contributed by atoms with Crippen molar-refractivity contribution in [3.8, 4) is 0 Å². The van der Waals surface area contributed by atoms with Crippen LogP contribution >= 0.6 is 15.9 Å². The average molecular weight is 313 g/mol. The summed E-state index contributed by atoms with van der Waals surface area (Å²) in [5.41, 5.74) is 7.18. The van der Waals surface area contributed by atoms with Gasteiger partial charge in [-0.1, -0.05) is 0 Å². The van der Waals surface area contributed by atoms with E-state index in [0.29, 0.717) is 5.92 Å². The van der Waals surface area contributed by atoms with E-state index in [9.17, 15) is 0 Å². The largest absolute Gasteiger partial charge is 0.369 e. The molecular formula is C14H21BrN2O. The van der Waals surface area contributed by atoms with Crippen molar-refractivity contribution < 1.29 is 4.74 Å². The summed E-state index contributed by atoms with van der Waals surface area (Å²) >= 11 is 3.44. The minimum absolute atomic E-state index is 0.0493. The molecule has 0 spiro atoms. The number of hydrogen-bond acceptors (Lipinski definition) is 3. The number of nitrogens with zero attached hydrogens (tertiary/aromatic N) is 1. The molecule has 1 saturated heterocycles. The van der Waals surface area contributed by atoms with E-state index in [-0.39, 0.29) is 17.2 Å². The molecule has 100 valence electrons. The van der Waals surface area contributed by atoms with Gasteiger partial charge in [-0.15, -0.1) is 0 Å². The van der Waals surface area contributed by atoms with Crippen LogP contribution in [0.15, 0.2) is 22.9 Å². The van der Waals surface area contributed by atoms with Crippen molar-refractivity contribution in [3.63, 3.8) is 0 Å². The summed E-state index contributed by atoms with van der Waals surface area (Å²) in [6.07, 6.45) is 4.58. The fourth-order valence-electron chi connectivity index (χ4n) is 3.01. The Balaban J connectivity index is 2.26. The second-order valence-electron chi connectivity index (χ2n) is 6.24. The maximum Gasteiger partial charge on any atom is 0.0680 e. The Morgan fingerprint density at radius 2 is 2.06 bits per heavy atom. The molecule has 0 aromatic carbocycles. The Labute approximate surface area is 117 Å². The molecule has 2 N–H and O–H groups in total. The Morgan fingerprint density at radius 3 is 2.56 bits per heavy atom. The minimum atomic E-state index is -0.203. The van der Waals surface area contributed by atoms with E-state index in [0.717, 1.165) is 16.5 Å². The van der Waals surface area contributed by atoms with E-state index in [2.05, 4.69) is 48.6 Å². The zero-order valence-electron chi connectivity index (χ0n) is 11.4. The lowest BCUT2D eigenvalue weighted by atomic mass is 9.80. The van der Waals surface area contributed by atoms with Gasteiger partial charge in [0.2, 0.25) is 0 Å². The predicted octanol–water partition coefficient (Wildman–Crippen LogP) is 3.44. The zero-order chi connectivity index (χ0) is 13.6. The Hall–Kier alpha value is -0.450. The topological polar surface area (TPSA) is 48.1 Å². The van der Waals surface area contributed by atoms with Gasteiger partial charge >= 0.3 is 0 Å². The molecule has 0 radical (unpaired) electrons. The van der Waals surface area contributed by atoms with Crippen molar-refractivity contribution in [2.45, 2.75) is 51.4 Å². The molecule has 1 fully saturated rings. The first-order valence-electron chi connectivity index (χ1n) is 6.27. The molecule has 1 aliphatic rings. The SMILES string of the molecule is CC1(C)CC(C(N)c2cncc(Br)c2)C(C)(C)O1. The first-order valence-corrected chi connectivity index (χ1v) is 7.07. The molecule has 2 unspecified atom stereocenters. The van der Waals surface area contributed by atoms with E-state index >= 15 is 0 Å². The first-order chi connectivity index (χ1) is 8.21. The standard InChI is InChI=1S/C14H21BrN2O/c1-13(2)6-11(14(3,4)18-13)12(16)9-5-10(15)8-17-7-9/h5,7-8,11-12H,6,16H2,1-4H3. The van der Waals surface area contributed by atoms with E-state index in [1.807, 2.05) is 12.3 Å². The van der Waals surface area contributed by atoms with Crippen LogP contribution in [-0.4, -0.2) is 16.2 Å². The van der Waals surface area contributed by atoms with Crippen LogP contribution in [0.2, 0.25) is 0 Å². The third kappa shape index (κ3) is 2.76. The maximum atomic E-state index is 6.43. The Kier molecular flexibility index (Phi) is 3.56. The highest BCUT2D eigenvalue weighted by molar-refractivity contribution is 9.10. The number of aromatic nitrogens is 1. The molecule has 18 heavy (non-hydrogen) atoms. The number of halogens is 1. The molecule has 2 atom stereocenters. The summed E-state index contributed by atoms with van der Waals surface area (Å²) < 4.78 is 7.07. The van der Waals surface area contributed by atoms with Crippen molar-refractivity contribution in [2.24, 2.45) is 11.7 Å². The second-order valence-corrected chi connectivity index (χ2v) is 7.15. The van der Waals surface area contributed by atoms with Crippen LogP contribution in [0.5, 0.6) is 0 Å². The number of hydrogen-bond donors (Lipinski definition) is 1. The van der Waals surface area contributed by atoms with Gasteiger partial charge < -0.3 is 10.5 Å². The van der Waals surface area contributed by atoms with Crippen molar-refractivity contribution in [1.82, 2.24) is 4.98 Å². The lowest BCUT2D eigenvalue weighted by Crippen LogP contribution is -2.35. The number of rotatable bonds is 2. The van der Waals surface area contributed by atoms with Gasteiger partial charge in [-0.3, -0.25) is 4.98 Å². The van der Waals surface area contributed by atoms with E-state index in [1.165, 1.54) is 0 Å². The molecule has 4 heteroatoms. The molecule has 0 amide bonds. The normalized spacial score (nSPS) is 27.1. The lowest BCUT2D eigenvalue weighted by molar-refractivity contribution is -0.0767. The van der Waals surface area contributed by atoms with Gasteiger partial charge in [-0.25, -0.2) is 0 Å². The van der Waals surface area contributed by atoms with Crippen LogP contribution in [-0.2, 0) is 4.74 Å². The molecule has 1 aromatic rings. The fraction of sp³-hybridized carbons (Fsp3) is 0.643. The number of nitrogens with two attached hydrogens (primary N) is 1. The fourth-order valence-corrected chi connectivity index (χ4v) is 3.39. The second kappa shape index (κ2) is 4.58. The van der Waals surface area contributed by atoms with Crippen molar-refractivity contribution in [1.29, 1.82) is 0 Å². The molecule has 0 saturated carbocycles. The number of pyridine rings is 1. The zero-order valence-corrected chi connectivity index (χ0v) is 13.0. The highest BCUT2D eigenvalue weighted by Crippen LogP contribution is 2.46. The van der Waals surface area contributed by atoms with E-state index in [4.69, 9.17) is 10.5 Å². The van der Waals surface area contributed by atoms with Crippen LogP contribution in [0, 0.1) is 5.92 Å². The van der Waals surface area contributed by atoms with Gasteiger partial charge in [0, 0.05) is 28.8 Å². The van der Waals surface area contributed by atoms with Crippen molar-refractivity contribution in [2.75, 3.05) is 0 Å². The van der Waals surface area contributed by atoms with Crippen LogP contribution in [0.3, 0.4) is 0 Å². The summed E-state index contributed by atoms with van der Waals surface area (Å²) in [6.45, 7) is 8.50. The van der Waals surface area contributed by atoms with Crippen LogP contribution in [0.1, 0.15) is 45.7 Å². The van der Waals surface area contributed by atoms with Crippen molar-refractivity contribution >= 4 is 15.9 Å². The Morgan fingerprint density at radius 1 is 1.39 bits per heavy atom. The molecule has 0 aliphatic carbocycles. The molecule has 0 bridgehead atoms. The van der Waals surface area contributed by atoms with Crippen LogP contribution < -0.4 is 5.73 Å². The third-order valence-electron chi connectivity index (χ3n) is 3.69. The summed E-state index contributed by atoms with van der Waals surface area (Å²) in [5, 5.41) is 0. The molecule has 2 heterocycles. The summed E-state index contributed by atoms with van der Waals surface area (Å²) in [7, 11) is 0. The predicted molar refractivity (Wildman–Crippen MR) is 76.2 cm³/mol. The molecule has 2 rings (SSSR count). The van der Waals surface area contributed by atoms with Gasteiger partial charge in [0.1, 0.15) is 0 Å². The Bertz CT molecular complexity index is 445. The monoisotopic (exact) mass is 312 g/mol. The van der Waals surface area contributed by atoms with Gasteiger partial charge in [0.25, 0.3) is 0 Å². The van der Waals surface area contributed by atoms with E-state index in [1.54, 1.807) is 6.20 Å². The van der Waals surface area contributed by atoms with Gasteiger partial charge in [-0.05, 0) is 61.7 Å². The minimum Gasteiger partial charge on any atom is -0.369 e. The number of ether oxygens (including phenoxy) is 1. The average Bonchev–Trinajstić information content (AvgIpc) is 2.45. The van der Waals surface area contributed by atoms with Crippen LogP contribution in [0.25, 0.3) is 0 Å². The highest BCUT2D eigenvalue weighted by Gasteiger charge is 2.48. The summed E-state index contributed by atoms with van der Waals surface area (Å²) in [6, 6.07) is 1.99. The summed E-state index contributed by atoms with van der Waals surface area (Å²) in [4.78, 5) is 4.19. The van der Waals surface area contributed by atoms with Crippen LogP contribution in [0.4, 0.5) is 0 Å². The molecular weight excluding hydrogens is 292 g/mol. The first kappa shape index (κ1) is 14.0. The highest BCUT2D eigenvalue weighted by atomic mass is 79.9. The smallest absolute Gasteiger partial charge is 0.0680 e. The summed E-state index contributed by atoms with van der Waals surface area (Å²) in [5.74, 6) is 0.295. The molecule has 3 nitrogen and oxygen atoms in total. The maximum absolute atomic E-state index is 6.43. The van der Waals surface area contributed by atoms with Gasteiger partial charge in [-0.2, -0.15) is 0 Å². The van der Waals surface area contributed by atoms with Crippen molar-refractivity contribution in [3.05, 3.63) is 28.5 Å². The van der Waals surface area contributed by atoms with Gasteiger partial charge in [0.15, 0.2) is 0 Å². The quantitative estimate of drug-likeness (QED) is 0.910. The van der Waals surface area contributed by atoms with Gasteiger partial charge in [0.05, 0.1) is 11.2 Å². The van der Waals surface area contributed by atoms with E-state index < -0.39 is 0 Å². The lowest BCUT2D eigenvalue weighted by Gasteiger charge is -2.31. The molecule has 1 aliphatic heterocycles.